The van der Waals surface area contributed by atoms with Crippen LogP contribution in [0.1, 0.15) is 39.2 Å². The van der Waals surface area contributed by atoms with Gasteiger partial charge >= 0.3 is 0 Å². The van der Waals surface area contributed by atoms with E-state index in [-0.39, 0.29) is 0 Å². The van der Waals surface area contributed by atoms with Crippen molar-refractivity contribution in [2.75, 3.05) is 18.0 Å². The van der Waals surface area contributed by atoms with E-state index in [1.807, 2.05) is 12.1 Å². The average molecular weight is 253 g/mol. The molecule has 1 nitrogen and oxygen atoms in total. The van der Waals surface area contributed by atoms with Crippen LogP contribution in [0.2, 0.25) is 5.02 Å². The van der Waals surface area contributed by atoms with E-state index in [1.165, 1.54) is 11.3 Å². The van der Waals surface area contributed by atoms with Crippen LogP contribution in [0.4, 0.5) is 5.69 Å². The highest BCUT2D eigenvalue weighted by molar-refractivity contribution is 6.37. The monoisotopic (exact) mass is 252 g/mol. The largest absolute Gasteiger partial charge is 0.371 e. The van der Waals surface area contributed by atoms with Gasteiger partial charge in [-0.15, -0.1) is 0 Å². The Morgan fingerprint density at radius 3 is 2.25 bits per heavy atom. The van der Waals surface area contributed by atoms with Gasteiger partial charge in [-0.2, -0.15) is 0 Å². The molecule has 0 bridgehead atoms. The van der Waals surface area contributed by atoms with E-state index in [4.69, 9.17) is 11.6 Å². The maximum Gasteiger partial charge on any atom is 0.0716 e. The fraction of sp³-hybridized carbons (Fsp3) is 0.538. The third-order valence-electron chi connectivity index (χ3n) is 2.82. The molecule has 0 fully saturated rings. The number of nitrogens with zero attached hydrogens (tertiary/aromatic N) is 1. The lowest BCUT2D eigenvalue weighted by Gasteiger charge is -2.28. The molecule has 87 valence electrons. The molecule has 16 heavy (non-hydrogen) atoms. The first kappa shape index (κ1) is 13.6. The minimum Gasteiger partial charge on any atom is -0.371 e. The fourth-order valence-electron chi connectivity index (χ4n) is 2.03. The van der Waals surface area contributed by atoms with Gasteiger partial charge in [0, 0.05) is 13.1 Å². The van der Waals surface area contributed by atoms with Gasteiger partial charge in [0.05, 0.1) is 21.0 Å². The first-order chi connectivity index (χ1) is 7.52. The van der Waals surface area contributed by atoms with Gasteiger partial charge in [-0.1, -0.05) is 36.7 Å². The van der Waals surface area contributed by atoms with Crippen molar-refractivity contribution in [3.05, 3.63) is 22.7 Å². The summed E-state index contributed by atoms with van der Waals surface area (Å²) in [6, 6.07) is 3.99. The number of halogens is 1. The smallest absolute Gasteiger partial charge is 0.0716 e. The third-order valence-corrected chi connectivity index (χ3v) is 3.57. The molecule has 1 aromatic carbocycles. The Hall–Kier alpha value is -0.473. The van der Waals surface area contributed by atoms with Crippen molar-refractivity contribution in [1.29, 1.82) is 0 Å². The number of hydrogen-bond acceptors (Lipinski definition) is 1. The summed E-state index contributed by atoms with van der Waals surface area (Å²) in [4.78, 5) is 2.31. The topological polar surface area (TPSA) is 3.24 Å². The molecule has 0 aromatic heterocycles. The summed E-state index contributed by atoms with van der Waals surface area (Å²) in [5.74, 6) is 0.460. The van der Waals surface area contributed by atoms with E-state index >= 15 is 0 Å². The third kappa shape index (κ3) is 2.61. The van der Waals surface area contributed by atoms with Crippen LogP contribution < -0.4 is 10.1 Å². The number of rotatable bonds is 4. The van der Waals surface area contributed by atoms with Crippen LogP contribution in [0.15, 0.2) is 12.1 Å². The normalized spacial score (nSPS) is 10.9. The molecule has 0 atom stereocenters. The summed E-state index contributed by atoms with van der Waals surface area (Å²) < 4.78 is 0. The van der Waals surface area contributed by atoms with Crippen LogP contribution >= 0.6 is 11.6 Å². The minimum absolute atomic E-state index is 0.460. The molecule has 0 heterocycles. The molecular weight excluding hydrogens is 234 g/mol. The molecule has 3 heteroatoms. The van der Waals surface area contributed by atoms with E-state index in [9.17, 15) is 0 Å². The zero-order chi connectivity index (χ0) is 12.3. The van der Waals surface area contributed by atoms with E-state index in [0.29, 0.717) is 5.92 Å². The lowest BCUT2D eigenvalue weighted by Crippen LogP contribution is -2.27. The number of benzene rings is 1. The summed E-state index contributed by atoms with van der Waals surface area (Å²) in [5, 5.41) is 1.98. The second-order valence-electron chi connectivity index (χ2n) is 4.18. The maximum atomic E-state index is 6.33. The molecule has 0 spiro atoms. The van der Waals surface area contributed by atoms with Crippen molar-refractivity contribution in [1.82, 2.24) is 0 Å². The standard InChI is InChI=1S/C13H19ClNSi/c1-5-15(6-2)13-10(14)7-8-11(16)12(13)9(3)4/h7-9H,5-6H2,1-4H3. The molecule has 1 aromatic rings. The predicted molar refractivity (Wildman–Crippen MR) is 74.5 cm³/mol. The second kappa shape index (κ2) is 5.74. The molecule has 1 rings (SSSR count). The van der Waals surface area contributed by atoms with E-state index < -0.39 is 0 Å². The number of anilines is 1. The summed E-state index contributed by atoms with van der Waals surface area (Å²) in [6.45, 7) is 10.7. The molecule has 0 saturated heterocycles. The van der Waals surface area contributed by atoms with Gasteiger partial charge in [0.1, 0.15) is 0 Å². The lowest BCUT2D eigenvalue weighted by molar-refractivity contribution is 0.821. The van der Waals surface area contributed by atoms with Crippen LogP contribution in [0.5, 0.6) is 0 Å². The van der Waals surface area contributed by atoms with E-state index in [0.717, 1.165) is 23.3 Å². The quantitative estimate of drug-likeness (QED) is 0.745. The van der Waals surface area contributed by atoms with Crippen LogP contribution in [-0.2, 0) is 0 Å². The van der Waals surface area contributed by atoms with Crippen LogP contribution in [0, 0.1) is 0 Å². The van der Waals surface area contributed by atoms with Gasteiger partial charge in [-0.25, -0.2) is 0 Å². The predicted octanol–water partition coefficient (Wildman–Crippen LogP) is 3.10. The summed E-state index contributed by atoms with van der Waals surface area (Å²) in [5.41, 5.74) is 2.47. The molecule has 0 unspecified atom stereocenters. The van der Waals surface area contributed by atoms with Crippen LogP contribution in [0.3, 0.4) is 0 Å². The van der Waals surface area contributed by atoms with Gasteiger partial charge < -0.3 is 4.90 Å². The second-order valence-corrected chi connectivity index (χ2v) is 5.13. The first-order valence-corrected chi connectivity index (χ1v) is 6.69. The van der Waals surface area contributed by atoms with Crippen molar-refractivity contribution in [3.8, 4) is 0 Å². The van der Waals surface area contributed by atoms with Crippen molar-refractivity contribution in [2.45, 2.75) is 33.6 Å². The average Bonchev–Trinajstić information content (AvgIpc) is 2.24. The molecule has 0 aliphatic heterocycles. The molecule has 0 amide bonds. The van der Waals surface area contributed by atoms with Crippen LogP contribution in [0.25, 0.3) is 0 Å². The molecular formula is C13H19ClNSi. The Kier molecular flexibility index (Phi) is 4.87. The van der Waals surface area contributed by atoms with Crippen molar-refractivity contribution >= 4 is 32.7 Å². The highest BCUT2D eigenvalue weighted by atomic mass is 35.5. The van der Waals surface area contributed by atoms with Gasteiger partial charge in [0.25, 0.3) is 0 Å². The zero-order valence-corrected chi connectivity index (χ0v) is 12.2. The highest BCUT2D eigenvalue weighted by Crippen LogP contribution is 2.32. The molecule has 0 N–H and O–H groups in total. The summed E-state index contributed by atoms with van der Waals surface area (Å²) >= 11 is 6.33. The molecule has 0 saturated carbocycles. The van der Waals surface area contributed by atoms with Gasteiger partial charge in [-0.05, 0) is 31.4 Å². The fourth-order valence-corrected chi connectivity index (χ4v) is 2.80. The summed E-state index contributed by atoms with van der Waals surface area (Å²) in [6.07, 6.45) is 0. The SMILES string of the molecule is CCN(CC)c1c(Cl)ccc([Si])c1C(C)C. The van der Waals surface area contributed by atoms with Crippen LogP contribution in [-0.4, -0.2) is 23.3 Å². The van der Waals surface area contributed by atoms with Crippen molar-refractivity contribution in [3.63, 3.8) is 0 Å². The lowest BCUT2D eigenvalue weighted by atomic mass is 10.00. The van der Waals surface area contributed by atoms with E-state index in [2.05, 4.69) is 42.8 Å². The Bertz CT molecular complexity index is 359. The highest BCUT2D eigenvalue weighted by Gasteiger charge is 2.16. The Labute approximate surface area is 107 Å². The zero-order valence-electron chi connectivity index (χ0n) is 10.5. The Morgan fingerprint density at radius 1 is 1.25 bits per heavy atom. The van der Waals surface area contributed by atoms with Gasteiger partial charge in [-0.3, -0.25) is 0 Å². The Morgan fingerprint density at radius 2 is 1.81 bits per heavy atom. The van der Waals surface area contributed by atoms with Crippen molar-refractivity contribution in [2.24, 2.45) is 0 Å². The van der Waals surface area contributed by atoms with Crippen molar-refractivity contribution < 1.29 is 0 Å². The van der Waals surface area contributed by atoms with E-state index in [1.54, 1.807) is 0 Å². The molecule has 3 radical (unpaired) electrons. The Balaban J connectivity index is 3.38. The summed E-state index contributed by atoms with van der Waals surface area (Å²) in [7, 11) is 3.68. The molecule has 0 aliphatic rings. The maximum absolute atomic E-state index is 6.33. The van der Waals surface area contributed by atoms with Gasteiger partial charge in [0.2, 0.25) is 0 Å². The van der Waals surface area contributed by atoms with Gasteiger partial charge in [0.15, 0.2) is 0 Å². The minimum atomic E-state index is 0.460. The number of hydrogen-bond donors (Lipinski definition) is 0. The first-order valence-electron chi connectivity index (χ1n) is 5.81. The molecule has 0 aliphatic carbocycles.